The van der Waals surface area contributed by atoms with Crippen molar-refractivity contribution in [3.8, 4) is 11.5 Å². The number of ether oxygens (including phenoxy) is 2. The average molecular weight is 487 g/mol. The molecule has 2 aliphatic heterocycles. The molecule has 0 radical (unpaired) electrons. The minimum absolute atomic E-state index is 0.0558. The predicted molar refractivity (Wildman–Crippen MR) is 120 cm³/mol. The van der Waals surface area contributed by atoms with Crippen molar-refractivity contribution in [1.29, 1.82) is 0 Å². The van der Waals surface area contributed by atoms with E-state index in [9.17, 15) is 18.0 Å². The normalized spacial score (nSPS) is 20.5. The first-order chi connectivity index (χ1) is 16.2. The molecule has 3 amide bonds. The van der Waals surface area contributed by atoms with Crippen LogP contribution in [0.2, 0.25) is 0 Å². The van der Waals surface area contributed by atoms with Gasteiger partial charge in [0.1, 0.15) is 29.6 Å². The minimum Gasteiger partial charge on any atom is -0.497 e. The average Bonchev–Trinajstić information content (AvgIpc) is 3.38. The number of sulfonamides is 1. The van der Waals surface area contributed by atoms with Crippen molar-refractivity contribution >= 4 is 32.9 Å². The van der Waals surface area contributed by atoms with Crippen LogP contribution in [0.4, 0.5) is 4.79 Å². The third kappa shape index (κ3) is 3.65. The van der Waals surface area contributed by atoms with Crippen molar-refractivity contribution in [2.75, 3.05) is 27.4 Å². The maximum absolute atomic E-state index is 13.0. The van der Waals surface area contributed by atoms with Gasteiger partial charge in [-0.25, -0.2) is 17.9 Å². The molecule has 3 heterocycles. The number of hydrogen-bond acceptors (Lipinski definition) is 8. The van der Waals surface area contributed by atoms with Crippen LogP contribution in [-0.2, 0) is 26.9 Å². The summed E-state index contributed by atoms with van der Waals surface area (Å²) in [5.41, 5.74) is -0.241. The van der Waals surface area contributed by atoms with Crippen molar-refractivity contribution < 1.29 is 31.9 Å². The third-order valence-electron chi connectivity index (χ3n) is 5.96. The fourth-order valence-electron chi connectivity index (χ4n) is 4.18. The van der Waals surface area contributed by atoms with Gasteiger partial charge in [-0.1, -0.05) is 6.07 Å². The van der Waals surface area contributed by atoms with Gasteiger partial charge in [-0.05, 0) is 37.4 Å². The summed E-state index contributed by atoms with van der Waals surface area (Å²) in [4.78, 5) is 27.1. The van der Waals surface area contributed by atoms with E-state index < -0.39 is 27.5 Å². The number of amides is 3. The van der Waals surface area contributed by atoms with Gasteiger partial charge in [-0.15, -0.1) is 0 Å². The smallest absolute Gasteiger partial charge is 0.322 e. The Balaban J connectivity index is 1.50. The first-order valence-corrected chi connectivity index (χ1v) is 11.9. The van der Waals surface area contributed by atoms with Gasteiger partial charge in [0.15, 0.2) is 5.54 Å². The molecule has 0 unspecified atom stereocenters. The molecular formula is C22H22N4O7S. The summed E-state index contributed by atoms with van der Waals surface area (Å²) in [6.45, 7) is 0.711. The Hall–Kier alpha value is -3.61. The van der Waals surface area contributed by atoms with Crippen molar-refractivity contribution in [1.82, 2.24) is 20.3 Å². The second-order valence-corrected chi connectivity index (χ2v) is 9.95. The lowest BCUT2D eigenvalue weighted by atomic mass is 9.95. The molecule has 0 bridgehead atoms. The maximum Gasteiger partial charge on any atom is 0.322 e. The van der Waals surface area contributed by atoms with E-state index in [4.69, 9.17) is 13.9 Å². The van der Waals surface area contributed by atoms with E-state index >= 15 is 0 Å². The topological polar surface area (TPSA) is 139 Å². The molecule has 2 aliphatic rings. The predicted octanol–water partition coefficient (Wildman–Crippen LogP) is 1.24. The maximum atomic E-state index is 13.0. The van der Waals surface area contributed by atoms with E-state index in [1.54, 1.807) is 19.2 Å². The molecule has 1 saturated heterocycles. The zero-order valence-electron chi connectivity index (χ0n) is 18.4. The summed E-state index contributed by atoms with van der Waals surface area (Å²) in [6.07, 6.45) is 0. The number of hydrogen-bond donors (Lipinski definition) is 3. The Morgan fingerprint density at radius 1 is 1.18 bits per heavy atom. The molecule has 1 fully saturated rings. The highest BCUT2D eigenvalue weighted by Gasteiger charge is 2.51. The number of carbonyl (C=O) groups excluding carboxylic acids is 2. The molecule has 12 heteroatoms. The second kappa shape index (κ2) is 8.01. The standard InChI is InChI=1S/C22H22N4O7S/c1-23-34(29,30)16-5-6-17-14(7-16)8-19(33-17)22(20(27)24-21(28)25-22)11-26-10-13-3-4-15(31-2)9-18(13)32-12-26/h3-9,23H,10-12H2,1-2H3,(H2,24,25,27,28)/t22-/m0/s1. The first-order valence-electron chi connectivity index (χ1n) is 10.4. The Bertz CT molecular complexity index is 1420. The summed E-state index contributed by atoms with van der Waals surface area (Å²) < 4.78 is 43.6. The van der Waals surface area contributed by atoms with E-state index in [-0.39, 0.29) is 23.9 Å². The monoisotopic (exact) mass is 486 g/mol. The van der Waals surface area contributed by atoms with E-state index in [1.165, 1.54) is 25.2 Å². The van der Waals surface area contributed by atoms with Crippen molar-refractivity contribution in [3.05, 3.63) is 53.8 Å². The zero-order valence-corrected chi connectivity index (χ0v) is 19.2. The van der Waals surface area contributed by atoms with Crippen LogP contribution in [0.25, 0.3) is 11.0 Å². The Kier molecular flexibility index (Phi) is 5.23. The number of rotatable bonds is 6. The molecule has 0 spiro atoms. The SMILES string of the molecule is CNS(=O)(=O)c1ccc2oc([C@]3(CN4COc5cc(OC)ccc5C4)NC(=O)NC3=O)cc2c1. The van der Waals surface area contributed by atoms with Gasteiger partial charge in [0, 0.05) is 30.1 Å². The van der Waals surface area contributed by atoms with E-state index in [0.29, 0.717) is 29.0 Å². The molecular weight excluding hydrogens is 464 g/mol. The number of fused-ring (bicyclic) bond motifs is 2. The second-order valence-electron chi connectivity index (χ2n) is 8.07. The number of urea groups is 1. The van der Waals surface area contributed by atoms with Crippen LogP contribution in [0.1, 0.15) is 11.3 Å². The van der Waals surface area contributed by atoms with Crippen LogP contribution in [0.5, 0.6) is 11.5 Å². The Labute approximate surface area is 195 Å². The molecule has 11 nitrogen and oxygen atoms in total. The van der Waals surface area contributed by atoms with Crippen LogP contribution in [-0.4, -0.2) is 52.7 Å². The summed E-state index contributed by atoms with van der Waals surface area (Å²) in [7, 11) is -0.767. The number of imide groups is 1. The fraction of sp³-hybridized carbons (Fsp3) is 0.273. The summed E-state index contributed by atoms with van der Waals surface area (Å²) in [5, 5.41) is 5.46. The number of nitrogens with zero attached hydrogens (tertiary/aromatic N) is 1. The summed E-state index contributed by atoms with van der Waals surface area (Å²) >= 11 is 0. The van der Waals surface area contributed by atoms with Gasteiger partial charge in [0.2, 0.25) is 10.0 Å². The lowest BCUT2D eigenvalue weighted by Crippen LogP contribution is -2.53. The highest BCUT2D eigenvalue weighted by Crippen LogP contribution is 2.35. The molecule has 3 aromatic rings. The molecule has 178 valence electrons. The summed E-state index contributed by atoms with van der Waals surface area (Å²) in [6, 6.07) is 10.8. The molecule has 1 atom stereocenters. The molecule has 34 heavy (non-hydrogen) atoms. The van der Waals surface area contributed by atoms with Gasteiger partial charge < -0.3 is 19.2 Å². The van der Waals surface area contributed by atoms with Crippen LogP contribution in [0.15, 0.2) is 51.8 Å². The zero-order chi connectivity index (χ0) is 24.1. The third-order valence-corrected chi connectivity index (χ3v) is 7.37. The molecule has 0 aliphatic carbocycles. The Morgan fingerprint density at radius 2 is 2.00 bits per heavy atom. The highest BCUT2D eigenvalue weighted by atomic mass is 32.2. The van der Waals surface area contributed by atoms with Crippen LogP contribution >= 0.6 is 0 Å². The lowest BCUT2D eigenvalue weighted by Gasteiger charge is -2.34. The quantitative estimate of drug-likeness (QED) is 0.442. The molecule has 0 saturated carbocycles. The molecule has 2 aromatic carbocycles. The van der Waals surface area contributed by atoms with E-state index in [0.717, 1.165) is 5.56 Å². The molecule has 3 N–H and O–H groups in total. The van der Waals surface area contributed by atoms with Crippen molar-refractivity contribution in [3.63, 3.8) is 0 Å². The number of nitrogens with one attached hydrogen (secondary N) is 3. The first kappa shape index (κ1) is 22.2. The minimum atomic E-state index is -3.66. The molecule has 1 aromatic heterocycles. The van der Waals surface area contributed by atoms with E-state index in [2.05, 4.69) is 15.4 Å². The highest BCUT2D eigenvalue weighted by molar-refractivity contribution is 7.89. The summed E-state index contributed by atoms with van der Waals surface area (Å²) in [5.74, 6) is 0.977. The fourth-order valence-corrected chi connectivity index (χ4v) is 4.95. The van der Waals surface area contributed by atoms with Crippen molar-refractivity contribution in [2.24, 2.45) is 0 Å². The number of furan rings is 1. The van der Waals surface area contributed by atoms with Gasteiger partial charge >= 0.3 is 6.03 Å². The number of methoxy groups -OCH3 is 1. The van der Waals surface area contributed by atoms with Gasteiger partial charge in [-0.2, -0.15) is 0 Å². The van der Waals surface area contributed by atoms with Crippen LogP contribution in [0, 0.1) is 0 Å². The van der Waals surface area contributed by atoms with Crippen molar-refractivity contribution in [2.45, 2.75) is 17.0 Å². The lowest BCUT2D eigenvalue weighted by molar-refractivity contribution is -0.126. The van der Waals surface area contributed by atoms with Gasteiger partial charge in [-0.3, -0.25) is 15.0 Å². The number of carbonyl (C=O) groups is 2. The molecule has 5 rings (SSSR count). The number of benzene rings is 2. The van der Waals surface area contributed by atoms with Gasteiger partial charge in [0.25, 0.3) is 5.91 Å². The largest absolute Gasteiger partial charge is 0.497 e. The Morgan fingerprint density at radius 3 is 2.71 bits per heavy atom. The van der Waals surface area contributed by atoms with Gasteiger partial charge in [0.05, 0.1) is 12.0 Å². The van der Waals surface area contributed by atoms with Crippen LogP contribution in [0.3, 0.4) is 0 Å². The van der Waals surface area contributed by atoms with Crippen LogP contribution < -0.4 is 24.8 Å². The van der Waals surface area contributed by atoms with E-state index in [1.807, 2.05) is 17.0 Å².